The lowest BCUT2D eigenvalue weighted by Crippen LogP contribution is -2.08. The molecule has 0 aliphatic carbocycles. The van der Waals surface area contributed by atoms with Gasteiger partial charge in [-0.3, -0.25) is 0 Å². The predicted molar refractivity (Wildman–Crippen MR) is 103 cm³/mol. The molecule has 0 fully saturated rings. The number of benzene rings is 2. The second kappa shape index (κ2) is 16.2. The predicted octanol–water partition coefficient (Wildman–Crippen LogP) is 5.56. The Balaban J connectivity index is 0. The fourth-order valence-electron chi connectivity index (χ4n) is 1.40. The molecule has 0 aromatic heterocycles. The summed E-state index contributed by atoms with van der Waals surface area (Å²) >= 11 is 0. The molecule has 4 nitrogen and oxygen atoms in total. The van der Waals surface area contributed by atoms with Crippen LogP contribution in [0.4, 0.5) is 0 Å². The van der Waals surface area contributed by atoms with Gasteiger partial charge in [0.1, 0.15) is 17.3 Å². The molecule has 4 heteroatoms. The fraction of sp³-hybridized carbons (Fsp3) is 0.333. The highest BCUT2D eigenvalue weighted by Crippen LogP contribution is 2.19. The summed E-state index contributed by atoms with van der Waals surface area (Å²) in [6.07, 6.45) is 0. The Morgan fingerprint density at radius 2 is 1.24 bits per heavy atom. The lowest BCUT2D eigenvalue weighted by molar-refractivity contribution is -0.115. The molecule has 2 aromatic carbocycles. The van der Waals surface area contributed by atoms with Gasteiger partial charge in [0.05, 0.1) is 12.7 Å². The summed E-state index contributed by atoms with van der Waals surface area (Å²) < 4.78 is 10.3. The van der Waals surface area contributed by atoms with E-state index in [1.807, 2.05) is 33.8 Å². The Morgan fingerprint density at radius 3 is 1.72 bits per heavy atom. The summed E-state index contributed by atoms with van der Waals surface area (Å²) in [5.74, 6) is 0.917. The Morgan fingerprint density at radius 1 is 0.760 bits per heavy atom. The van der Waals surface area contributed by atoms with E-state index in [1.165, 1.54) is 13.8 Å². The molecule has 0 bridgehead atoms. The van der Waals surface area contributed by atoms with Crippen LogP contribution in [0.15, 0.2) is 54.6 Å². The first-order valence-electron chi connectivity index (χ1n) is 8.41. The number of carbonyl (C=O) groups excluding carboxylic acids is 2. The molecule has 0 saturated heterocycles. The van der Waals surface area contributed by atoms with Gasteiger partial charge in [0, 0.05) is 6.07 Å². The summed E-state index contributed by atoms with van der Waals surface area (Å²) in [4.78, 5) is 21.2. The van der Waals surface area contributed by atoms with Gasteiger partial charge in [0.2, 0.25) is 0 Å². The third-order valence-corrected chi connectivity index (χ3v) is 2.26. The third-order valence-electron chi connectivity index (χ3n) is 2.26. The van der Waals surface area contributed by atoms with Gasteiger partial charge >= 0.3 is 5.97 Å². The van der Waals surface area contributed by atoms with E-state index < -0.39 is 0 Å². The molecule has 138 valence electrons. The smallest absolute Gasteiger partial charge is 0.343 e. The lowest BCUT2D eigenvalue weighted by atomic mass is 10.2. The minimum atomic E-state index is -0.376. The number of ether oxygens (including phenoxy) is 2. The largest absolute Gasteiger partial charge is 0.497 e. The van der Waals surface area contributed by atoms with E-state index >= 15 is 0 Å². The number of rotatable bonds is 3. The maximum atomic E-state index is 11.8. The molecule has 2 rings (SSSR count). The van der Waals surface area contributed by atoms with Gasteiger partial charge in [-0.15, -0.1) is 0 Å². The monoisotopic (exact) mass is 346 g/mol. The van der Waals surface area contributed by atoms with Crippen molar-refractivity contribution < 1.29 is 19.1 Å². The number of methoxy groups -OCH3 is 1. The van der Waals surface area contributed by atoms with Gasteiger partial charge in [-0.25, -0.2) is 4.79 Å². The average Bonchev–Trinajstić information content (AvgIpc) is 2.65. The van der Waals surface area contributed by atoms with Gasteiger partial charge in [-0.05, 0) is 38.1 Å². The molecule has 0 aliphatic rings. The molecule has 0 heterocycles. The van der Waals surface area contributed by atoms with E-state index in [2.05, 4.69) is 0 Å². The van der Waals surface area contributed by atoms with Crippen molar-refractivity contribution in [1.29, 1.82) is 0 Å². The van der Waals surface area contributed by atoms with Crippen LogP contribution in [0.25, 0.3) is 0 Å². The van der Waals surface area contributed by atoms with Crippen molar-refractivity contribution in [2.24, 2.45) is 0 Å². The minimum absolute atomic E-state index is 0.167. The summed E-state index contributed by atoms with van der Waals surface area (Å²) in [5, 5.41) is 0. The zero-order valence-electron chi connectivity index (χ0n) is 16.3. The molecule has 0 atom stereocenters. The SMILES string of the molecule is CC.CC.CC(C)=O.COc1cccc(OC(=O)c2ccccc2)c1. The molecule has 0 unspecified atom stereocenters. The Kier molecular flexibility index (Phi) is 16.0. The molecule has 0 saturated carbocycles. The summed E-state index contributed by atoms with van der Waals surface area (Å²) in [5.41, 5.74) is 0.523. The Hall–Kier alpha value is -2.62. The lowest BCUT2D eigenvalue weighted by Gasteiger charge is -2.05. The van der Waals surface area contributed by atoms with Gasteiger partial charge < -0.3 is 14.3 Å². The van der Waals surface area contributed by atoms with E-state index in [4.69, 9.17) is 9.47 Å². The number of ketones is 1. The van der Waals surface area contributed by atoms with Crippen LogP contribution in [0, 0.1) is 0 Å². The molecule has 0 amide bonds. The van der Waals surface area contributed by atoms with Crippen molar-refractivity contribution >= 4 is 11.8 Å². The summed E-state index contributed by atoms with van der Waals surface area (Å²) in [6.45, 7) is 11.1. The van der Waals surface area contributed by atoms with E-state index in [0.717, 1.165) is 0 Å². The third kappa shape index (κ3) is 12.5. The van der Waals surface area contributed by atoms with Crippen molar-refractivity contribution in [2.75, 3.05) is 7.11 Å². The second-order valence-electron chi connectivity index (χ2n) is 4.34. The molecule has 0 radical (unpaired) electrons. The van der Waals surface area contributed by atoms with E-state index in [9.17, 15) is 9.59 Å². The van der Waals surface area contributed by atoms with Crippen LogP contribution in [0.1, 0.15) is 51.9 Å². The van der Waals surface area contributed by atoms with Gasteiger partial charge in [-0.1, -0.05) is 52.0 Å². The quantitative estimate of drug-likeness (QED) is 0.539. The number of hydrogen-bond donors (Lipinski definition) is 0. The maximum Gasteiger partial charge on any atom is 0.343 e. The summed E-state index contributed by atoms with van der Waals surface area (Å²) in [6, 6.07) is 15.8. The minimum Gasteiger partial charge on any atom is -0.497 e. The van der Waals surface area contributed by atoms with E-state index in [-0.39, 0.29) is 11.8 Å². The van der Waals surface area contributed by atoms with Crippen LogP contribution < -0.4 is 9.47 Å². The van der Waals surface area contributed by atoms with Crippen LogP contribution in [0.2, 0.25) is 0 Å². The first kappa shape index (κ1) is 24.6. The normalized spacial score (nSPS) is 8.12. The number of hydrogen-bond acceptors (Lipinski definition) is 4. The first-order chi connectivity index (χ1) is 12.0. The molecule has 0 spiro atoms. The molecule has 2 aromatic rings. The number of Topliss-reactive ketones (excluding diaryl/α,β-unsaturated/α-hetero) is 1. The molecular weight excluding hydrogens is 316 g/mol. The van der Waals surface area contributed by atoms with Crippen molar-refractivity contribution in [1.82, 2.24) is 0 Å². The average molecular weight is 346 g/mol. The van der Waals surface area contributed by atoms with Gasteiger partial charge in [0.25, 0.3) is 0 Å². The highest BCUT2D eigenvalue weighted by atomic mass is 16.5. The zero-order valence-corrected chi connectivity index (χ0v) is 16.3. The second-order valence-corrected chi connectivity index (χ2v) is 4.34. The standard InChI is InChI=1S/C14H12O3.C3H6O.2C2H6/c1-16-12-8-5-9-13(10-12)17-14(15)11-6-3-2-4-7-11;1-3(2)4;2*1-2/h2-10H,1H3;1-2H3;2*1-2H3. The van der Waals surface area contributed by atoms with Crippen molar-refractivity contribution in [2.45, 2.75) is 41.5 Å². The van der Waals surface area contributed by atoms with E-state index in [1.54, 1.807) is 55.6 Å². The van der Waals surface area contributed by atoms with Crippen LogP contribution in [0.5, 0.6) is 11.5 Å². The van der Waals surface area contributed by atoms with Crippen LogP contribution in [-0.2, 0) is 4.79 Å². The van der Waals surface area contributed by atoms with Crippen LogP contribution in [-0.4, -0.2) is 18.9 Å². The topological polar surface area (TPSA) is 52.6 Å². The van der Waals surface area contributed by atoms with Crippen molar-refractivity contribution in [3.63, 3.8) is 0 Å². The molecular formula is C21H30O4. The molecule has 0 N–H and O–H groups in total. The Bertz CT molecular complexity index is 588. The zero-order chi connectivity index (χ0) is 19.7. The Labute approximate surface area is 151 Å². The van der Waals surface area contributed by atoms with Gasteiger partial charge in [-0.2, -0.15) is 0 Å². The maximum absolute atomic E-state index is 11.8. The molecule has 0 aliphatic heterocycles. The first-order valence-corrected chi connectivity index (χ1v) is 8.41. The van der Waals surface area contributed by atoms with Crippen molar-refractivity contribution in [3.05, 3.63) is 60.2 Å². The number of carbonyl (C=O) groups is 2. The highest BCUT2D eigenvalue weighted by molar-refractivity contribution is 5.90. The molecule has 25 heavy (non-hydrogen) atoms. The van der Waals surface area contributed by atoms with Crippen molar-refractivity contribution in [3.8, 4) is 11.5 Å². The number of esters is 1. The summed E-state index contributed by atoms with van der Waals surface area (Å²) in [7, 11) is 1.57. The van der Waals surface area contributed by atoms with Gasteiger partial charge in [0.15, 0.2) is 0 Å². The van der Waals surface area contributed by atoms with Crippen LogP contribution >= 0.6 is 0 Å². The fourth-order valence-corrected chi connectivity index (χ4v) is 1.40. The highest BCUT2D eigenvalue weighted by Gasteiger charge is 2.07. The van der Waals surface area contributed by atoms with E-state index in [0.29, 0.717) is 17.1 Å². The van der Waals surface area contributed by atoms with Crippen LogP contribution in [0.3, 0.4) is 0 Å².